The van der Waals surface area contributed by atoms with Crippen LogP contribution in [0.4, 0.5) is 0 Å². The summed E-state index contributed by atoms with van der Waals surface area (Å²) in [6, 6.07) is 40.0. The van der Waals surface area contributed by atoms with Crippen molar-refractivity contribution in [1.29, 1.82) is 15.8 Å². The lowest BCUT2D eigenvalue weighted by Gasteiger charge is -2.04. The highest BCUT2D eigenvalue weighted by Crippen LogP contribution is 2.41. The molecule has 42 heavy (non-hydrogen) atoms. The maximum absolute atomic E-state index is 9.14. The zero-order valence-corrected chi connectivity index (χ0v) is 24.5. The normalized spacial score (nSPS) is 12.0. The second-order valence-electron chi connectivity index (χ2n) is 9.40. The molecular formula is C37H25N3S2. The third kappa shape index (κ3) is 6.55. The molecule has 0 bridgehead atoms. The van der Waals surface area contributed by atoms with Gasteiger partial charge in [0.25, 0.3) is 0 Å². The van der Waals surface area contributed by atoms with E-state index in [1.54, 1.807) is 6.07 Å². The first-order valence-corrected chi connectivity index (χ1v) is 15.0. The second kappa shape index (κ2) is 13.4. The molecule has 0 unspecified atom stereocenters. The van der Waals surface area contributed by atoms with Crippen LogP contribution in [0.25, 0.3) is 47.3 Å². The Morgan fingerprint density at radius 3 is 1.45 bits per heavy atom. The van der Waals surface area contributed by atoms with E-state index in [1.807, 2.05) is 65.2 Å². The predicted molar refractivity (Wildman–Crippen MR) is 175 cm³/mol. The molecule has 5 aromatic rings. The zero-order valence-electron chi connectivity index (χ0n) is 22.9. The molecule has 0 saturated carbocycles. The summed E-state index contributed by atoms with van der Waals surface area (Å²) in [7, 11) is 0. The molecular weight excluding hydrogens is 551 g/mol. The van der Waals surface area contributed by atoms with Gasteiger partial charge in [0.2, 0.25) is 0 Å². The molecule has 6 rings (SSSR count). The minimum atomic E-state index is 0.675. The van der Waals surface area contributed by atoms with Gasteiger partial charge < -0.3 is 0 Å². The SMILES string of the molecule is CC#N.N#CC1=CCC=C(c2ccc(-c3ccc(-c4ccc(-c5ccc(-c6ccc(C#N)cc6)cc5)s4)s3)cc2)C=C1. The Hall–Kier alpha value is -5.25. The first-order chi connectivity index (χ1) is 20.6. The van der Waals surface area contributed by atoms with Crippen molar-refractivity contribution in [2.24, 2.45) is 0 Å². The molecule has 0 atom stereocenters. The Bertz CT molecular complexity index is 1910. The van der Waals surface area contributed by atoms with Crippen LogP contribution in [0.1, 0.15) is 24.5 Å². The summed E-state index contributed by atoms with van der Waals surface area (Å²) in [5, 5.41) is 25.5. The summed E-state index contributed by atoms with van der Waals surface area (Å²) in [4.78, 5) is 5.03. The summed E-state index contributed by atoms with van der Waals surface area (Å²) < 4.78 is 0. The van der Waals surface area contributed by atoms with Gasteiger partial charge in [-0.25, -0.2) is 0 Å². The van der Waals surface area contributed by atoms with Crippen LogP contribution in [0.2, 0.25) is 0 Å². The minimum Gasteiger partial charge on any atom is -0.199 e. The van der Waals surface area contributed by atoms with Gasteiger partial charge in [-0.1, -0.05) is 78.9 Å². The van der Waals surface area contributed by atoms with Crippen LogP contribution in [0.3, 0.4) is 0 Å². The molecule has 3 aromatic carbocycles. The van der Waals surface area contributed by atoms with E-state index in [4.69, 9.17) is 15.8 Å². The molecule has 0 radical (unpaired) electrons. The smallest absolute Gasteiger partial charge is 0.0991 e. The van der Waals surface area contributed by atoms with Crippen molar-refractivity contribution in [2.45, 2.75) is 13.3 Å². The average Bonchev–Trinajstić information content (AvgIpc) is 3.67. The maximum atomic E-state index is 9.14. The lowest BCUT2D eigenvalue weighted by Crippen LogP contribution is -1.81. The van der Waals surface area contributed by atoms with Gasteiger partial charge in [0.15, 0.2) is 0 Å². The van der Waals surface area contributed by atoms with Gasteiger partial charge >= 0.3 is 0 Å². The molecule has 1 aliphatic rings. The molecule has 0 fully saturated rings. The highest BCUT2D eigenvalue weighted by Gasteiger charge is 2.10. The molecule has 0 amide bonds. The fraction of sp³-hybridized carbons (Fsp3) is 0.0541. The van der Waals surface area contributed by atoms with Crippen LogP contribution < -0.4 is 0 Å². The lowest BCUT2D eigenvalue weighted by atomic mass is 10.0. The summed E-state index contributed by atoms with van der Waals surface area (Å²) in [6.45, 7) is 1.43. The van der Waals surface area contributed by atoms with Gasteiger partial charge in [-0.15, -0.1) is 22.7 Å². The standard InChI is InChI=1S/C35H22N2S2.C2H3N/c36-22-24-2-1-3-26(7-4-24)28-10-14-30(15-11-28)32-18-20-34(38-32)35-21-19-33(39-35)31-16-12-29(13-17-31)27-8-5-25(23-37)6-9-27;1-2-3/h2-21H,1H2;1H3. The Morgan fingerprint density at radius 2 is 0.952 bits per heavy atom. The summed E-state index contributed by atoms with van der Waals surface area (Å²) >= 11 is 3.62. The van der Waals surface area contributed by atoms with Crippen molar-refractivity contribution >= 4 is 28.2 Å². The molecule has 2 heterocycles. The van der Waals surface area contributed by atoms with Crippen molar-refractivity contribution in [2.75, 3.05) is 0 Å². The Labute approximate surface area is 254 Å². The number of thiophene rings is 2. The Kier molecular flexibility index (Phi) is 9.03. The van der Waals surface area contributed by atoms with Crippen molar-refractivity contribution < 1.29 is 0 Å². The van der Waals surface area contributed by atoms with Crippen LogP contribution in [0.15, 0.2) is 127 Å². The van der Waals surface area contributed by atoms with Crippen LogP contribution >= 0.6 is 22.7 Å². The molecule has 5 heteroatoms. The minimum absolute atomic E-state index is 0.675. The molecule has 0 N–H and O–H groups in total. The van der Waals surface area contributed by atoms with Crippen molar-refractivity contribution in [1.82, 2.24) is 0 Å². The molecule has 0 aliphatic heterocycles. The van der Waals surface area contributed by atoms with E-state index in [2.05, 4.69) is 91.0 Å². The predicted octanol–water partition coefficient (Wildman–Crippen LogP) is 10.7. The van der Waals surface area contributed by atoms with E-state index in [0.717, 1.165) is 28.7 Å². The summed E-state index contributed by atoms with van der Waals surface area (Å²) in [5.74, 6) is 0. The number of hydrogen-bond donors (Lipinski definition) is 0. The van der Waals surface area contributed by atoms with Gasteiger partial charge in [-0.05, 0) is 82.3 Å². The average molecular weight is 576 g/mol. The highest BCUT2D eigenvalue weighted by atomic mass is 32.1. The highest BCUT2D eigenvalue weighted by molar-refractivity contribution is 7.25. The van der Waals surface area contributed by atoms with Gasteiger partial charge in [0, 0.05) is 32.0 Å². The fourth-order valence-corrected chi connectivity index (χ4v) is 6.68. The molecule has 0 spiro atoms. The number of benzene rings is 3. The number of allylic oxidation sites excluding steroid dienone is 6. The Balaban J connectivity index is 0.00000113. The van der Waals surface area contributed by atoms with Gasteiger partial charge in [-0.2, -0.15) is 15.8 Å². The third-order valence-electron chi connectivity index (χ3n) is 6.72. The van der Waals surface area contributed by atoms with E-state index in [0.29, 0.717) is 11.1 Å². The van der Waals surface area contributed by atoms with Crippen LogP contribution in [0, 0.1) is 34.0 Å². The van der Waals surface area contributed by atoms with E-state index < -0.39 is 0 Å². The monoisotopic (exact) mass is 575 g/mol. The van der Waals surface area contributed by atoms with Crippen LogP contribution in [-0.4, -0.2) is 0 Å². The molecule has 200 valence electrons. The van der Waals surface area contributed by atoms with E-state index >= 15 is 0 Å². The zero-order chi connectivity index (χ0) is 29.3. The number of nitrogens with zero attached hydrogens (tertiary/aromatic N) is 3. The molecule has 1 aliphatic carbocycles. The largest absolute Gasteiger partial charge is 0.199 e. The molecule has 0 saturated heterocycles. The number of rotatable bonds is 5. The summed E-state index contributed by atoms with van der Waals surface area (Å²) in [6.07, 6.45) is 8.79. The maximum Gasteiger partial charge on any atom is 0.0991 e. The van der Waals surface area contributed by atoms with Crippen molar-refractivity contribution in [3.63, 3.8) is 0 Å². The van der Waals surface area contributed by atoms with Gasteiger partial charge in [0.05, 0.1) is 23.8 Å². The molecule has 3 nitrogen and oxygen atoms in total. The second-order valence-corrected chi connectivity index (χ2v) is 11.6. The first-order valence-electron chi connectivity index (χ1n) is 13.3. The fourth-order valence-electron chi connectivity index (χ4n) is 4.57. The van der Waals surface area contributed by atoms with Crippen LogP contribution in [0.5, 0.6) is 0 Å². The van der Waals surface area contributed by atoms with Gasteiger partial charge in [-0.3, -0.25) is 0 Å². The van der Waals surface area contributed by atoms with Crippen molar-refractivity contribution in [3.8, 4) is 60.0 Å². The topological polar surface area (TPSA) is 71.4 Å². The Morgan fingerprint density at radius 1 is 0.500 bits per heavy atom. The van der Waals surface area contributed by atoms with E-state index in [9.17, 15) is 0 Å². The van der Waals surface area contributed by atoms with E-state index in [-0.39, 0.29) is 0 Å². The molecule has 2 aromatic heterocycles. The van der Waals surface area contributed by atoms with Crippen molar-refractivity contribution in [3.05, 3.63) is 138 Å². The summed E-state index contributed by atoms with van der Waals surface area (Å²) in [5.41, 5.74) is 8.35. The van der Waals surface area contributed by atoms with Gasteiger partial charge in [0.1, 0.15) is 0 Å². The first kappa shape index (κ1) is 28.3. The van der Waals surface area contributed by atoms with Crippen LogP contribution in [-0.2, 0) is 0 Å². The quantitative estimate of drug-likeness (QED) is 0.209. The third-order valence-corrected chi connectivity index (χ3v) is 9.19. The lowest BCUT2D eigenvalue weighted by molar-refractivity contribution is 1.37. The van der Waals surface area contributed by atoms with E-state index in [1.165, 1.54) is 37.6 Å². The number of nitriles is 3. The number of hydrogen-bond acceptors (Lipinski definition) is 5.